The lowest BCUT2D eigenvalue weighted by atomic mass is 10.1. The van der Waals surface area contributed by atoms with E-state index in [0.29, 0.717) is 6.54 Å². The Morgan fingerprint density at radius 2 is 2.26 bits per heavy atom. The van der Waals surface area contributed by atoms with Crippen LogP contribution in [0.15, 0.2) is 29.9 Å². The third-order valence-corrected chi connectivity index (χ3v) is 4.18. The zero-order valence-corrected chi connectivity index (χ0v) is 12.4. The van der Waals surface area contributed by atoms with Crippen molar-refractivity contribution in [2.45, 2.75) is 26.0 Å². The van der Waals surface area contributed by atoms with Gasteiger partial charge in [-0.25, -0.2) is 4.98 Å². The second kappa shape index (κ2) is 6.32. The van der Waals surface area contributed by atoms with Crippen LogP contribution in [-0.4, -0.2) is 27.3 Å². The molecule has 0 amide bonds. The number of nitrogens with zero attached hydrogens (tertiary/aromatic N) is 2. The molecule has 0 aliphatic heterocycles. The van der Waals surface area contributed by atoms with Crippen LogP contribution in [0.5, 0.6) is 0 Å². The predicted octanol–water partition coefficient (Wildman–Crippen LogP) is 2.18. The highest BCUT2D eigenvalue weighted by atomic mass is 32.1. The van der Waals surface area contributed by atoms with E-state index in [1.165, 1.54) is 4.88 Å². The average Bonchev–Trinajstić information content (AvgIpc) is 3.02. The Morgan fingerprint density at radius 1 is 1.47 bits per heavy atom. The second-order valence-corrected chi connectivity index (χ2v) is 6.04. The van der Waals surface area contributed by atoms with Crippen LogP contribution in [-0.2, 0) is 7.05 Å². The Kier molecular flexibility index (Phi) is 4.74. The lowest BCUT2D eigenvalue weighted by Gasteiger charge is -2.21. The number of nitrogens with one attached hydrogen (secondary N) is 1. The molecule has 0 bridgehead atoms. The van der Waals surface area contributed by atoms with Crippen molar-refractivity contribution < 1.29 is 5.11 Å². The van der Waals surface area contributed by atoms with Crippen LogP contribution in [0, 0.1) is 5.92 Å². The molecule has 104 valence electrons. The Balaban J connectivity index is 2.15. The molecule has 2 heterocycles. The summed E-state index contributed by atoms with van der Waals surface area (Å²) >= 11 is 1.70. The van der Waals surface area contributed by atoms with E-state index in [1.54, 1.807) is 17.5 Å². The number of aliphatic hydroxyl groups is 1. The van der Waals surface area contributed by atoms with Gasteiger partial charge in [-0.3, -0.25) is 0 Å². The first kappa shape index (κ1) is 14.2. The molecule has 0 aliphatic rings. The maximum Gasteiger partial charge on any atom is 0.131 e. The first-order valence-electron chi connectivity index (χ1n) is 6.51. The van der Waals surface area contributed by atoms with Crippen molar-refractivity contribution >= 4 is 11.3 Å². The quantitative estimate of drug-likeness (QED) is 0.852. The monoisotopic (exact) mass is 279 g/mol. The fourth-order valence-electron chi connectivity index (χ4n) is 1.90. The van der Waals surface area contributed by atoms with E-state index in [2.05, 4.69) is 21.7 Å². The van der Waals surface area contributed by atoms with Gasteiger partial charge >= 0.3 is 0 Å². The first-order valence-corrected chi connectivity index (χ1v) is 7.39. The highest BCUT2D eigenvalue weighted by molar-refractivity contribution is 7.10. The van der Waals surface area contributed by atoms with Gasteiger partial charge in [0.25, 0.3) is 0 Å². The standard InChI is InChI=1S/C14H21N3OS/c1-10(2)11(18)9-16-13(12-5-4-8-19-12)14-15-6-7-17(14)3/h4-8,10-11,13,16,18H,9H2,1-3H3. The molecule has 19 heavy (non-hydrogen) atoms. The average molecular weight is 279 g/mol. The second-order valence-electron chi connectivity index (χ2n) is 5.06. The van der Waals surface area contributed by atoms with Crippen LogP contribution in [0.3, 0.4) is 0 Å². The van der Waals surface area contributed by atoms with Crippen molar-refractivity contribution in [2.75, 3.05) is 6.54 Å². The summed E-state index contributed by atoms with van der Waals surface area (Å²) in [6.07, 6.45) is 3.40. The van der Waals surface area contributed by atoms with Gasteiger partial charge in [0.15, 0.2) is 0 Å². The summed E-state index contributed by atoms with van der Waals surface area (Å²) in [6, 6.07) is 4.17. The molecule has 2 unspecified atom stereocenters. The molecule has 0 spiro atoms. The van der Waals surface area contributed by atoms with Gasteiger partial charge < -0.3 is 15.0 Å². The Morgan fingerprint density at radius 3 is 2.79 bits per heavy atom. The van der Waals surface area contributed by atoms with Crippen LogP contribution in [0.2, 0.25) is 0 Å². The van der Waals surface area contributed by atoms with Crippen molar-refractivity contribution in [1.82, 2.24) is 14.9 Å². The molecule has 5 heteroatoms. The molecule has 4 nitrogen and oxygen atoms in total. The predicted molar refractivity (Wildman–Crippen MR) is 78.2 cm³/mol. The minimum atomic E-state index is -0.345. The van der Waals surface area contributed by atoms with E-state index in [0.717, 1.165) is 5.82 Å². The number of imidazole rings is 1. The summed E-state index contributed by atoms with van der Waals surface area (Å²) in [5.41, 5.74) is 0. The van der Waals surface area contributed by atoms with E-state index in [-0.39, 0.29) is 18.1 Å². The summed E-state index contributed by atoms with van der Waals surface area (Å²) in [6.45, 7) is 4.60. The summed E-state index contributed by atoms with van der Waals surface area (Å²) in [7, 11) is 1.99. The normalized spacial score (nSPS) is 14.8. The van der Waals surface area contributed by atoms with Crippen molar-refractivity contribution in [3.63, 3.8) is 0 Å². The van der Waals surface area contributed by atoms with Crippen molar-refractivity contribution in [3.05, 3.63) is 40.6 Å². The first-order chi connectivity index (χ1) is 9.09. The van der Waals surface area contributed by atoms with Gasteiger partial charge in [-0.1, -0.05) is 19.9 Å². The smallest absolute Gasteiger partial charge is 0.131 e. The zero-order valence-electron chi connectivity index (χ0n) is 11.6. The van der Waals surface area contributed by atoms with Crippen LogP contribution in [0.1, 0.15) is 30.6 Å². The third kappa shape index (κ3) is 3.43. The molecule has 0 aromatic carbocycles. The highest BCUT2D eigenvalue weighted by Gasteiger charge is 2.20. The molecule has 2 N–H and O–H groups in total. The number of aryl methyl sites for hydroxylation is 1. The SMILES string of the molecule is CC(C)C(O)CNC(c1cccs1)c1nccn1C. The van der Waals surface area contributed by atoms with E-state index in [4.69, 9.17) is 0 Å². The maximum atomic E-state index is 9.95. The van der Waals surface area contributed by atoms with E-state index in [1.807, 2.05) is 37.7 Å². The van der Waals surface area contributed by atoms with Gasteiger partial charge in [0, 0.05) is 30.9 Å². The van der Waals surface area contributed by atoms with Gasteiger partial charge in [-0.15, -0.1) is 11.3 Å². The maximum absolute atomic E-state index is 9.95. The van der Waals surface area contributed by atoms with Gasteiger partial charge in [0.05, 0.1) is 6.10 Å². The van der Waals surface area contributed by atoms with Gasteiger partial charge in [-0.05, 0) is 17.4 Å². The number of thiophene rings is 1. The zero-order chi connectivity index (χ0) is 13.8. The topological polar surface area (TPSA) is 50.1 Å². The van der Waals surface area contributed by atoms with E-state index >= 15 is 0 Å². The number of aliphatic hydroxyl groups excluding tert-OH is 1. The molecule has 0 radical (unpaired) electrons. The third-order valence-electron chi connectivity index (χ3n) is 3.25. The highest BCUT2D eigenvalue weighted by Crippen LogP contribution is 2.24. The molecule has 0 aliphatic carbocycles. The summed E-state index contributed by atoms with van der Waals surface area (Å²) in [4.78, 5) is 5.63. The van der Waals surface area contributed by atoms with E-state index < -0.39 is 0 Å². The van der Waals surface area contributed by atoms with Crippen LogP contribution >= 0.6 is 11.3 Å². The molecule has 2 aromatic heterocycles. The van der Waals surface area contributed by atoms with Gasteiger partial charge in [0.2, 0.25) is 0 Å². The van der Waals surface area contributed by atoms with Crippen LogP contribution in [0.4, 0.5) is 0 Å². The summed E-state index contributed by atoms with van der Waals surface area (Å²) in [5.74, 6) is 1.22. The van der Waals surface area contributed by atoms with E-state index in [9.17, 15) is 5.11 Å². The fourth-order valence-corrected chi connectivity index (χ4v) is 2.70. The van der Waals surface area contributed by atoms with Gasteiger partial charge in [-0.2, -0.15) is 0 Å². The summed E-state index contributed by atoms with van der Waals surface area (Å²) in [5, 5.41) is 15.4. The van der Waals surface area contributed by atoms with Crippen LogP contribution in [0.25, 0.3) is 0 Å². The Bertz CT molecular complexity index is 493. The van der Waals surface area contributed by atoms with Crippen molar-refractivity contribution in [1.29, 1.82) is 0 Å². The largest absolute Gasteiger partial charge is 0.392 e. The number of aromatic nitrogens is 2. The molecule has 2 rings (SSSR count). The van der Waals surface area contributed by atoms with Crippen LogP contribution < -0.4 is 5.32 Å². The Labute approximate surface area is 118 Å². The molecule has 0 fully saturated rings. The molecule has 0 saturated carbocycles. The molecular formula is C14H21N3OS. The minimum absolute atomic E-state index is 0.0356. The number of hydrogen-bond donors (Lipinski definition) is 2. The number of rotatable bonds is 6. The van der Waals surface area contributed by atoms with Gasteiger partial charge in [0.1, 0.15) is 11.9 Å². The molecular weight excluding hydrogens is 258 g/mol. The summed E-state index contributed by atoms with van der Waals surface area (Å²) < 4.78 is 2.01. The Hall–Kier alpha value is -1.17. The molecule has 2 aromatic rings. The molecule has 2 atom stereocenters. The van der Waals surface area contributed by atoms with Crippen molar-refractivity contribution in [2.24, 2.45) is 13.0 Å². The molecule has 0 saturated heterocycles. The lowest BCUT2D eigenvalue weighted by molar-refractivity contribution is 0.121. The number of hydrogen-bond acceptors (Lipinski definition) is 4. The minimum Gasteiger partial charge on any atom is -0.392 e. The lowest BCUT2D eigenvalue weighted by Crippen LogP contribution is -2.34. The van der Waals surface area contributed by atoms with Crippen molar-refractivity contribution in [3.8, 4) is 0 Å². The fraction of sp³-hybridized carbons (Fsp3) is 0.500.